The molecule has 0 atom stereocenters. The normalized spacial score (nSPS) is 11.1. The van der Waals surface area contributed by atoms with Crippen LogP contribution in [0.4, 0.5) is 5.13 Å². The van der Waals surface area contributed by atoms with Gasteiger partial charge in [-0.15, -0.1) is 22.7 Å². The zero-order valence-electron chi connectivity index (χ0n) is 17.5. The van der Waals surface area contributed by atoms with Crippen molar-refractivity contribution in [3.8, 4) is 17.0 Å². The van der Waals surface area contributed by atoms with Crippen LogP contribution < -0.4 is 15.6 Å². The Morgan fingerprint density at radius 2 is 2.03 bits per heavy atom. The van der Waals surface area contributed by atoms with Crippen LogP contribution in [0, 0.1) is 6.92 Å². The number of aromatic nitrogens is 3. The van der Waals surface area contributed by atoms with Crippen LogP contribution in [0.25, 0.3) is 21.5 Å². The molecule has 4 aromatic rings. The third-order valence-corrected chi connectivity index (χ3v) is 6.94. The number of methoxy groups -OCH3 is 1. The molecule has 3 heterocycles. The van der Waals surface area contributed by atoms with Crippen LogP contribution in [0.15, 0.2) is 40.8 Å². The lowest BCUT2D eigenvalue weighted by Gasteiger charge is -2.03. The Labute approximate surface area is 187 Å². The molecule has 0 aliphatic rings. The van der Waals surface area contributed by atoms with Gasteiger partial charge in [0.25, 0.3) is 11.5 Å². The van der Waals surface area contributed by atoms with E-state index in [0.717, 1.165) is 29.8 Å². The zero-order chi connectivity index (χ0) is 22.0. The molecule has 1 aromatic carbocycles. The number of carbonyl (C=O) groups is 1. The first-order chi connectivity index (χ1) is 15.0. The van der Waals surface area contributed by atoms with Crippen LogP contribution in [0.5, 0.6) is 5.75 Å². The molecule has 0 saturated carbocycles. The largest absolute Gasteiger partial charge is 0.497 e. The number of rotatable bonds is 7. The van der Waals surface area contributed by atoms with Crippen LogP contribution in [0.1, 0.15) is 35.0 Å². The van der Waals surface area contributed by atoms with Gasteiger partial charge in [0.1, 0.15) is 10.6 Å². The standard InChI is InChI=1S/C22H22N4O3S2/c1-4-5-10-26-12-23-20-17(21(26)28)13(2)18(31-20)19(27)25-22-24-16(11-30-22)14-6-8-15(29-3)9-7-14/h6-9,11-12H,4-5,10H2,1-3H3,(H,24,25,27). The van der Waals surface area contributed by atoms with Crippen LogP contribution in [0.2, 0.25) is 0 Å². The second-order valence-electron chi connectivity index (χ2n) is 7.05. The Hall–Kier alpha value is -3.04. The first-order valence-corrected chi connectivity index (χ1v) is 11.6. The second kappa shape index (κ2) is 8.99. The molecular formula is C22H22N4O3S2. The molecular weight excluding hydrogens is 432 g/mol. The van der Waals surface area contributed by atoms with Crippen molar-refractivity contribution in [1.29, 1.82) is 0 Å². The van der Waals surface area contributed by atoms with Crippen molar-refractivity contribution in [3.63, 3.8) is 0 Å². The summed E-state index contributed by atoms with van der Waals surface area (Å²) in [6.45, 7) is 4.50. The number of benzene rings is 1. The van der Waals surface area contributed by atoms with Gasteiger partial charge in [-0.1, -0.05) is 13.3 Å². The maximum atomic E-state index is 12.9. The summed E-state index contributed by atoms with van der Waals surface area (Å²) in [7, 11) is 1.62. The van der Waals surface area contributed by atoms with E-state index in [1.165, 1.54) is 22.7 Å². The molecule has 0 bridgehead atoms. The van der Waals surface area contributed by atoms with Gasteiger partial charge in [0, 0.05) is 17.5 Å². The molecule has 4 rings (SSSR count). The molecule has 31 heavy (non-hydrogen) atoms. The van der Waals surface area contributed by atoms with Gasteiger partial charge in [-0.3, -0.25) is 19.5 Å². The van der Waals surface area contributed by atoms with Crippen molar-refractivity contribution >= 4 is 43.9 Å². The molecule has 0 saturated heterocycles. The van der Waals surface area contributed by atoms with Crippen LogP contribution in [-0.2, 0) is 6.54 Å². The smallest absolute Gasteiger partial charge is 0.267 e. The Balaban J connectivity index is 1.57. The highest BCUT2D eigenvalue weighted by atomic mass is 32.1. The Morgan fingerprint density at radius 1 is 1.26 bits per heavy atom. The molecule has 160 valence electrons. The SMILES string of the molecule is CCCCn1cnc2sc(C(=O)Nc3nc(-c4ccc(OC)cc4)cs3)c(C)c2c1=O. The summed E-state index contributed by atoms with van der Waals surface area (Å²) in [4.78, 5) is 35.7. The summed E-state index contributed by atoms with van der Waals surface area (Å²) in [6.07, 6.45) is 3.47. The lowest BCUT2D eigenvalue weighted by atomic mass is 10.2. The zero-order valence-corrected chi connectivity index (χ0v) is 19.1. The van der Waals surface area contributed by atoms with Gasteiger partial charge in [0.15, 0.2) is 5.13 Å². The number of ether oxygens (including phenoxy) is 1. The minimum atomic E-state index is -0.282. The summed E-state index contributed by atoms with van der Waals surface area (Å²) in [6, 6.07) is 7.58. The molecule has 0 fully saturated rings. The average molecular weight is 455 g/mol. The Bertz CT molecular complexity index is 1290. The first kappa shape index (κ1) is 21.2. The van der Waals surface area contributed by atoms with E-state index in [9.17, 15) is 9.59 Å². The van der Waals surface area contributed by atoms with Crippen molar-refractivity contribution in [3.05, 3.63) is 56.8 Å². The number of amides is 1. The summed E-state index contributed by atoms with van der Waals surface area (Å²) in [5, 5.41) is 5.77. The summed E-state index contributed by atoms with van der Waals surface area (Å²) in [5.41, 5.74) is 2.28. The first-order valence-electron chi connectivity index (χ1n) is 9.91. The van der Waals surface area contributed by atoms with E-state index >= 15 is 0 Å². The van der Waals surface area contributed by atoms with Gasteiger partial charge in [-0.05, 0) is 43.2 Å². The number of anilines is 1. The number of carbonyl (C=O) groups excluding carboxylic acids is 1. The lowest BCUT2D eigenvalue weighted by Crippen LogP contribution is -2.20. The number of hydrogen-bond acceptors (Lipinski definition) is 7. The number of nitrogens with zero attached hydrogens (tertiary/aromatic N) is 3. The van der Waals surface area contributed by atoms with Gasteiger partial charge in [0.2, 0.25) is 0 Å². The fraction of sp³-hybridized carbons (Fsp3) is 0.273. The number of unbranched alkanes of at least 4 members (excludes halogenated alkanes) is 1. The summed E-state index contributed by atoms with van der Waals surface area (Å²) in [5.74, 6) is 0.491. The van der Waals surface area contributed by atoms with Crippen LogP contribution >= 0.6 is 22.7 Å². The average Bonchev–Trinajstić information content (AvgIpc) is 3.38. The van der Waals surface area contributed by atoms with Gasteiger partial charge in [-0.25, -0.2) is 9.97 Å². The molecule has 9 heteroatoms. The fourth-order valence-corrected chi connectivity index (χ4v) is 4.99. The molecule has 1 N–H and O–H groups in total. The van der Waals surface area contributed by atoms with E-state index in [4.69, 9.17) is 4.74 Å². The summed E-state index contributed by atoms with van der Waals surface area (Å²) >= 11 is 2.59. The van der Waals surface area contributed by atoms with Crippen molar-refractivity contribution in [2.24, 2.45) is 0 Å². The van der Waals surface area contributed by atoms with E-state index in [1.54, 1.807) is 24.9 Å². The van der Waals surface area contributed by atoms with Crippen LogP contribution in [-0.4, -0.2) is 27.6 Å². The van der Waals surface area contributed by atoms with Gasteiger partial charge >= 0.3 is 0 Å². The number of thiazole rings is 1. The van der Waals surface area contributed by atoms with E-state index in [1.807, 2.05) is 29.6 Å². The maximum Gasteiger partial charge on any atom is 0.267 e. The number of thiophene rings is 1. The number of aryl methyl sites for hydroxylation is 2. The molecule has 1 amide bonds. The predicted octanol–water partition coefficient (Wildman–Crippen LogP) is 4.95. The molecule has 0 aliphatic heterocycles. The van der Waals surface area contributed by atoms with Gasteiger partial charge in [0.05, 0.1) is 29.4 Å². The Morgan fingerprint density at radius 3 is 2.74 bits per heavy atom. The minimum Gasteiger partial charge on any atom is -0.497 e. The third-order valence-electron chi connectivity index (χ3n) is 4.99. The minimum absolute atomic E-state index is 0.0951. The van der Waals surface area contributed by atoms with Crippen LogP contribution in [0.3, 0.4) is 0 Å². The van der Waals surface area contributed by atoms with Crippen molar-refractivity contribution in [1.82, 2.24) is 14.5 Å². The fourth-order valence-electron chi connectivity index (χ4n) is 3.24. The molecule has 3 aromatic heterocycles. The van der Waals surface area contributed by atoms with E-state index in [2.05, 4.69) is 22.2 Å². The van der Waals surface area contributed by atoms with Gasteiger partial charge in [-0.2, -0.15) is 0 Å². The second-order valence-corrected chi connectivity index (χ2v) is 8.91. The maximum absolute atomic E-state index is 12.9. The van der Waals surface area contributed by atoms with Gasteiger partial charge < -0.3 is 4.74 Å². The lowest BCUT2D eigenvalue weighted by molar-refractivity contribution is 0.103. The monoisotopic (exact) mass is 454 g/mol. The molecule has 0 spiro atoms. The molecule has 0 aliphatic carbocycles. The third kappa shape index (κ3) is 4.24. The number of fused-ring (bicyclic) bond motifs is 1. The predicted molar refractivity (Wildman–Crippen MR) is 126 cm³/mol. The molecule has 0 unspecified atom stereocenters. The number of nitrogens with one attached hydrogen (secondary N) is 1. The molecule has 0 radical (unpaired) electrons. The summed E-state index contributed by atoms with van der Waals surface area (Å²) < 4.78 is 6.80. The highest BCUT2D eigenvalue weighted by Crippen LogP contribution is 2.30. The van der Waals surface area contributed by atoms with Crippen molar-refractivity contribution in [2.75, 3.05) is 12.4 Å². The van der Waals surface area contributed by atoms with E-state index < -0.39 is 0 Å². The molecule has 7 nitrogen and oxygen atoms in total. The highest BCUT2D eigenvalue weighted by Gasteiger charge is 2.20. The van der Waals surface area contributed by atoms with Crippen molar-refractivity contribution in [2.45, 2.75) is 33.2 Å². The number of hydrogen-bond donors (Lipinski definition) is 1. The van der Waals surface area contributed by atoms with E-state index in [-0.39, 0.29) is 11.5 Å². The Kier molecular flexibility index (Phi) is 6.15. The topological polar surface area (TPSA) is 86.1 Å². The quantitative estimate of drug-likeness (QED) is 0.427. The highest BCUT2D eigenvalue weighted by molar-refractivity contribution is 7.21. The van der Waals surface area contributed by atoms with E-state index in [0.29, 0.717) is 32.3 Å². The van der Waals surface area contributed by atoms with Crippen molar-refractivity contribution < 1.29 is 9.53 Å².